The first-order valence-corrected chi connectivity index (χ1v) is 8.24. The van der Waals surface area contributed by atoms with Crippen LogP contribution in [0.3, 0.4) is 0 Å². The van der Waals surface area contributed by atoms with E-state index in [1.54, 1.807) is 39.0 Å². The van der Waals surface area contributed by atoms with Crippen molar-refractivity contribution in [3.8, 4) is 0 Å². The average Bonchev–Trinajstić information content (AvgIpc) is 2.35. The number of ether oxygens (including phenoxy) is 2. The first-order valence-electron chi connectivity index (χ1n) is 8.24. The summed E-state index contributed by atoms with van der Waals surface area (Å²) in [5.41, 5.74) is 0.296. The van der Waals surface area contributed by atoms with E-state index in [4.69, 9.17) is 9.47 Å². The molecule has 0 spiro atoms. The molecule has 1 rings (SSSR count). The van der Waals surface area contributed by atoms with Crippen molar-refractivity contribution in [2.75, 3.05) is 5.32 Å². The fraction of sp³-hybridized carbons (Fsp3) is 0.579. The highest BCUT2D eigenvalue weighted by Crippen LogP contribution is 2.26. The van der Waals surface area contributed by atoms with Crippen molar-refractivity contribution in [3.63, 3.8) is 0 Å². The lowest BCUT2D eigenvalue weighted by Crippen LogP contribution is -2.28. The molecule has 0 aliphatic carbocycles. The predicted octanol–water partition coefficient (Wildman–Crippen LogP) is 4.87. The van der Waals surface area contributed by atoms with Crippen molar-refractivity contribution in [1.29, 1.82) is 0 Å². The minimum Gasteiger partial charge on any atom is -0.459 e. The van der Waals surface area contributed by atoms with E-state index in [1.165, 1.54) is 0 Å². The van der Waals surface area contributed by atoms with Crippen molar-refractivity contribution in [2.45, 2.75) is 72.0 Å². The lowest BCUT2D eigenvalue weighted by atomic mass is 9.96. The van der Waals surface area contributed by atoms with Crippen LogP contribution in [0.15, 0.2) is 24.3 Å². The summed E-state index contributed by atoms with van der Waals surface area (Å²) >= 11 is 0. The Balaban J connectivity index is 2.89. The van der Waals surface area contributed by atoms with Gasteiger partial charge in [0.15, 0.2) is 0 Å². The van der Waals surface area contributed by atoms with Gasteiger partial charge in [-0.2, -0.15) is 0 Å². The van der Waals surface area contributed by atoms with E-state index in [9.17, 15) is 9.59 Å². The monoisotopic (exact) mass is 335 g/mol. The van der Waals surface area contributed by atoms with Gasteiger partial charge in [-0.1, -0.05) is 19.1 Å². The molecule has 0 saturated carbocycles. The highest BCUT2D eigenvalue weighted by atomic mass is 16.6. The Morgan fingerprint density at radius 2 is 1.62 bits per heavy atom. The van der Waals surface area contributed by atoms with Crippen LogP contribution in [0.5, 0.6) is 0 Å². The molecule has 0 heterocycles. The van der Waals surface area contributed by atoms with Crippen molar-refractivity contribution in [1.82, 2.24) is 0 Å². The van der Waals surface area contributed by atoms with E-state index in [1.807, 2.05) is 33.8 Å². The van der Waals surface area contributed by atoms with Gasteiger partial charge in [-0.25, -0.2) is 4.79 Å². The number of hydrogen-bond donors (Lipinski definition) is 1. The molecule has 24 heavy (non-hydrogen) atoms. The number of anilines is 1. The second kappa shape index (κ2) is 7.69. The van der Waals surface area contributed by atoms with Crippen molar-refractivity contribution in [2.24, 2.45) is 0 Å². The number of benzene rings is 1. The second-order valence-corrected chi connectivity index (χ2v) is 7.75. The maximum absolute atomic E-state index is 12.4. The van der Waals surface area contributed by atoms with Crippen LogP contribution in [0.25, 0.3) is 0 Å². The molecule has 0 aliphatic rings. The molecule has 0 fully saturated rings. The molecule has 5 nitrogen and oxygen atoms in total. The first kappa shape index (κ1) is 20.0. The summed E-state index contributed by atoms with van der Waals surface area (Å²) in [5, 5.41) is 2.69. The number of amides is 1. The molecule has 1 aromatic carbocycles. The van der Waals surface area contributed by atoms with Crippen molar-refractivity contribution < 1.29 is 19.1 Å². The van der Waals surface area contributed by atoms with E-state index >= 15 is 0 Å². The van der Waals surface area contributed by atoms with Crippen molar-refractivity contribution in [3.05, 3.63) is 29.8 Å². The number of nitrogens with one attached hydrogen (secondary N) is 1. The van der Waals surface area contributed by atoms with Crippen LogP contribution >= 0.6 is 0 Å². The molecule has 1 N–H and O–H groups in total. The van der Waals surface area contributed by atoms with Gasteiger partial charge in [0.05, 0.1) is 5.92 Å². The summed E-state index contributed by atoms with van der Waals surface area (Å²) in [7, 11) is 0. The highest BCUT2D eigenvalue weighted by molar-refractivity contribution is 5.85. The van der Waals surface area contributed by atoms with E-state index < -0.39 is 17.3 Å². The molecule has 1 unspecified atom stereocenters. The number of hydrogen-bond acceptors (Lipinski definition) is 4. The van der Waals surface area contributed by atoms with Gasteiger partial charge >= 0.3 is 12.1 Å². The van der Waals surface area contributed by atoms with Gasteiger partial charge in [-0.3, -0.25) is 10.1 Å². The third-order valence-corrected chi connectivity index (χ3v) is 3.03. The van der Waals surface area contributed by atoms with Gasteiger partial charge in [0.2, 0.25) is 0 Å². The lowest BCUT2D eigenvalue weighted by Gasteiger charge is -2.24. The summed E-state index contributed by atoms with van der Waals surface area (Å²) in [6, 6.07) is 7.20. The Labute approximate surface area is 144 Å². The fourth-order valence-corrected chi connectivity index (χ4v) is 2.17. The zero-order valence-corrected chi connectivity index (χ0v) is 15.7. The van der Waals surface area contributed by atoms with Crippen LogP contribution in [0.4, 0.5) is 10.5 Å². The molecule has 1 amide bonds. The van der Waals surface area contributed by atoms with E-state index in [0.29, 0.717) is 12.1 Å². The van der Waals surface area contributed by atoms with Gasteiger partial charge in [-0.05, 0) is 65.7 Å². The van der Waals surface area contributed by atoms with Gasteiger partial charge in [0, 0.05) is 5.69 Å². The van der Waals surface area contributed by atoms with Crippen LogP contribution < -0.4 is 5.32 Å². The largest absolute Gasteiger partial charge is 0.459 e. The maximum atomic E-state index is 12.4. The van der Waals surface area contributed by atoms with Gasteiger partial charge in [0.25, 0.3) is 0 Å². The number of carbonyl (C=O) groups excluding carboxylic acids is 2. The predicted molar refractivity (Wildman–Crippen MR) is 95.2 cm³/mol. The minimum absolute atomic E-state index is 0.264. The Morgan fingerprint density at radius 1 is 1.04 bits per heavy atom. The third kappa shape index (κ3) is 7.02. The van der Waals surface area contributed by atoms with E-state index in [-0.39, 0.29) is 11.9 Å². The summed E-state index contributed by atoms with van der Waals surface area (Å²) in [4.78, 5) is 24.3. The summed E-state index contributed by atoms with van der Waals surface area (Å²) in [6.07, 6.45) is 0.0927. The van der Waals surface area contributed by atoms with Crippen LogP contribution in [-0.2, 0) is 14.3 Å². The van der Waals surface area contributed by atoms with E-state index in [2.05, 4.69) is 5.32 Å². The standard InChI is InChI=1S/C19H29NO4/c1-8-15(16(21)23-18(2,3)4)13-10-9-11-14(12-13)20-17(22)24-19(5,6)7/h9-12,15H,8H2,1-7H3,(H,20,22). The van der Waals surface area contributed by atoms with Crippen LogP contribution in [-0.4, -0.2) is 23.3 Å². The molecule has 0 saturated heterocycles. The Hall–Kier alpha value is -2.04. The molecule has 0 aliphatic heterocycles. The van der Waals surface area contributed by atoms with Crippen LogP contribution in [0.2, 0.25) is 0 Å². The van der Waals surface area contributed by atoms with Gasteiger partial charge < -0.3 is 9.47 Å². The van der Waals surface area contributed by atoms with Crippen LogP contribution in [0.1, 0.15) is 66.4 Å². The lowest BCUT2D eigenvalue weighted by molar-refractivity contribution is -0.156. The molecule has 5 heteroatoms. The Bertz CT molecular complexity index is 582. The summed E-state index contributed by atoms with van der Waals surface area (Å²) < 4.78 is 10.7. The smallest absolute Gasteiger partial charge is 0.412 e. The molecule has 0 aromatic heterocycles. The quantitative estimate of drug-likeness (QED) is 0.797. The van der Waals surface area contributed by atoms with Gasteiger partial charge in [0.1, 0.15) is 11.2 Å². The average molecular weight is 335 g/mol. The SMILES string of the molecule is CCC(C(=O)OC(C)(C)C)c1cccc(NC(=O)OC(C)(C)C)c1. The second-order valence-electron chi connectivity index (χ2n) is 7.75. The fourth-order valence-electron chi connectivity index (χ4n) is 2.17. The first-order chi connectivity index (χ1) is 10.9. The molecule has 0 radical (unpaired) electrons. The highest BCUT2D eigenvalue weighted by Gasteiger charge is 2.25. The molecular formula is C19H29NO4. The van der Waals surface area contributed by atoms with E-state index in [0.717, 1.165) is 5.56 Å². The summed E-state index contributed by atoms with van der Waals surface area (Å²) in [5.74, 6) is -0.635. The molecule has 134 valence electrons. The van der Waals surface area contributed by atoms with Gasteiger partial charge in [-0.15, -0.1) is 0 Å². The topological polar surface area (TPSA) is 64.6 Å². The molecule has 0 bridgehead atoms. The Morgan fingerprint density at radius 3 is 2.12 bits per heavy atom. The molecular weight excluding hydrogens is 306 g/mol. The number of rotatable bonds is 4. The molecule has 1 aromatic rings. The zero-order valence-electron chi connectivity index (χ0n) is 15.7. The Kier molecular flexibility index (Phi) is 6.41. The number of esters is 1. The summed E-state index contributed by atoms with van der Waals surface area (Å²) in [6.45, 7) is 12.9. The molecule has 1 atom stereocenters. The van der Waals surface area contributed by atoms with Crippen LogP contribution in [0, 0.1) is 0 Å². The minimum atomic E-state index is -0.565. The van der Waals surface area contributed by atoms with Crippen molar-refractivity contribution >= 4 is 17.7 Å². The number of carbonyl (C=O) groups is 2. The zero-order chi connectivity index (χ0) is 18.5. The maximum Gasteiger partial charge on any atom is 0.412 e. The normalized spacial score (nSPS) is 13.1. The third-order valence-electron chi connectivity index (χ3n) is 3.03.